The zero-order valence-electron chi connectivity index (χ0n) is 15.1. The normalized spacial score (nSPS) is 21.8. The minimum Gasteiger partial charge on any atom is -0.396 e. The number of aromatic nitrogens is 2. The van der Waals surface area contributed by atoms with Crippen LogP contribution in [0.5, 0.6) is 0 Å². The molecule has 0 radical (unpaired) electrons. The minimum absolute atomic E-state index is 0.217. The van der Waals surface area contributed by atoms with Crippen LogP contribution in [-0.4, -0.2) is 76.7 Å². The second-order valence-electron chi connectivity index (χ2n) is 7.31. The molecule has 0 saturated carbocycles. The predicted molar refractivity (Wildman–Crippen MR) is 103 cm³/mol. The van der Waals surface area contributed by atoms with Crippen LogP contribution in [0, 0.1) is 5.41 Å². The Morgan fingerprint density at radius 3 is 2.77 bits per heavy atom. The molecule has 0 amide bonds. The molecule has 2 aliphatic heterocycles. The second-order valence-corrected chi connectivity index (χ2v) is 7.31. The number of hydrogen-bond acceptors (Lipinski definition) is 5. The maximum atomic E-state index is 8.21. The van der Waals surface area contributed by atoms with Gasteiger partial charge in [-0.15, -0.1) is 0 Å². The van der Waals surface area contributed by atoms with Crippen molar-refractivity contribution >= 4 is 28.6 Å². The molecule has 4 heterocycles. The number of amidine groups is 2. The highest BCUT2D eigenvalue weighted by Crippen LogP contribution is 2.21. The molecular weight excluding hydrogens is 328 g/mol. The van der Waals surface area contributed by atoms with Crippen molar-refractivity contribution < 1.29 is 4.48 Å². The Kier molecular flexibility index (Phi) is 3.84. The van der Waals surface area contributed by atoms with Crippen molar-refractivity contribution in [3.05, 3.63) is 42.4 Å². The van der Waals surface area contributed by atoms with Gasteiger partial charge >= 0.3 is 0 Å². The Labute approximate surface area is 152 Å². The van der Waals surface area contributed by atoms with Crippen molar-refractivity contribution in [1.82, 2.24) is 14.5 Å². The number of quaternary nitrogens is 1. The van der Waals surface area contributed by atoms with Gasteiger partial charge in [0.1, 0.15) is 11.4 Å². The topological polar surface area (TPSA) is 95.1 Å². The number of piperazine rings is 1. The van der Waals surface area contributed by atoms with Crippen LogP contribution >= 0.6 is 0 Å². The number of nitrogens with zero attached hydrogens (tertiary/aromatic N) is 6. The third-order valence-electron chi connectivity index (χ3n) is 4.89. The molecule has 2 aliphatic rings. The molecule has 0 aromatic carbocycles. The number of hydrogen-bond donors (Lipinski definition) is 2. The summed E-state index contributed by atoms with van der Waals surface area (Å²) >= 11 is 0. The molecule has 0 aliphatic carbocycles. The van der Waals surface area contributed by atoms with Crippen molar-refractivity contribution in [2.24, 2.45) is 15.7 Å². The van der Waals surface area contributed by atoms with E-state index >= 15 is 0 Å². The SMILES string of the molecule is C[N+]1(C)CCN(C2=NC(=Nc3cnn4ccccc34)C(=N)C=C2N)CC1. The summed E-state index contributed by atoms with van der Waals surface area (Å²) < 4.78 is 2.75. The highest BCUT2D eigenvalue weighted by Gasteiger charge is 2.29. The van der Waals surface area contributed by atoms with E-state index in [1.807, 2.05) is 24.4 Å². The molecule has 0 atom stereocenters. The Bertz CT molecular complexity index is 952. The highest BCUT2D eigenvalue weighted by molar-refractivity contribution is 6.49. The molecule has 2 aromatic heterocycles. The largest absolute Gasteiger partial charge is 0.396 e. The van der Waals surface area contributed by atoms with Gasteiger partial charge in [-0.25, -0.2) is 14.5 Å². The summed E-state index contributed by atoms with van der Waals surface area (Å²) in [7, 11) is 4.46. The van der Waals surface area contributed by atoms with Gasteiger partial charge in [-0.05, 0) is 18.2 Å². The summed E-state index contributed by atoms with van der Waals surface area (Å²) in [5.74, 6) is 1.09. The Morgan fingerprint density at radius 1 is 1.23 bits per heavy atom. The number of dihydropyridines is 1. The van der Waals surface area contributed by atoms with Crippen LogP contribution < -0.4 is 5.73 Å². The standard InChI is InChI=1S/C18H23N8/c1-26(2)9-7-24(8-10-26)18-14(20)11-13(19)17(23-18)22-15-12-21-25-6-4-3-5-16(15)25/h3-6,11-12,19H,7-10,20H2,1-2H3/q+1. The molecule has 1 fully saturated rings. The van der Waals surface area contributed by atoms with E-state index in [1.54, 1.807) is 16.8 Å². The maximum Gasteiger partial charge on any atom is 0.180 e. The lowest BCUT2D eigenvalue weighted by atomic mass is 10.1. The van der Waals surface area contributed by atoms with Crippen LogP contribution in [-0.2, 0) is 0 Å². The van der Waals surface area contributed by atoms with Gasteiger partial charge in [0.05, 0.1) is 57.7 Å². The van der Waals surface area contributed by atoms with Crippen LogP contribution in [0.4, 0.5) is 5.69 Å². The first-order valence-corrected chi connectivity index (χ1v) is 8.66. The summed E-state index contributed by atoms with van der Waals surface area (Å²) in [4.78, 5) is 11.4. The number of fused-ring (bicyclic) bond motifs is 1. The molecule has 0 unspecified atom stereocenters. The van der Waals surface area contributed by atoms with Gasteiger partial charge in [0, 0.05) is 6.20 Å². The molecule has 2 aromatic rings. The lowest BCUT2D eigenvalue weighted by Crippen LogP contribution is -2.57. The van der Waals surface area contributed by atoms with E-state index in [-0.39, 0.29) is 5.71 Å². The number of pyridine rings is 1. The van der Waals surface area contributed by atoms with Gasteiger partial charge in [0.15, 0.2) is 11.7 Å². The lowest BCUT2D eigenvalue weighted by Gasteiger charge is -2.40. The van der Waals surface area contributed by atoms with E-state index in [4.69, 9.17) is 11.1 Å². The number of nitrogens with two attached hydrogens (primary N) is 1. The maximum absolute atomic E-state index is 8.21. The van der Waals surface area contributed by atoms with Crippen molar-refractivity contribution in [1.29, 1.82) is 5.41 Å². The number of nitrogens with one attached hydrogen (secondary N) is 1. The van der Waals surface area contributed by atoms with Gasteiger partial charge in [-0.1, -0.05) is 6.07 Å². The first-order chi connectivity index (χ1) is 12.4. The third kappa shape index (κ3) is 2.99. The van der Waals surface area contributed by atoms with Crippen molar-refractivity contribution in [2.75, 3.05) is 40.3 Å². The van der Waals surface area contributed by atoms with Crippen LogP contribution in [0.2, 0.25) is 0 Å². The van der Waals surface area contributed by atoms with Crippen LogP contribution in [0.3, 0.4) is 0 Å². The molecular formula is C18H23N8+. The first-order valence-electron chi connectivity index (χ1n) is 8.66. The summed E-state index contributed by atoms with van der Waals surface area (Å²) in [6, 6.07) is 5.79. The van der Waals surface area contributed by atoms with Crippen molar-refractivity contribution in [2.45, 2.75) is 0 Å². The summed E-state index contributed by atoms with van der Waals surface area (Å²) in [5, 5.41) is 12.5. The number of rotatable bonds is 1. The fourth-order valence-corrected chi connectivity index (χ4v) is 3.19. The van der Waals surface area contributed by atoms with Gasteiger partial charge in [-0.2, -0.15) is 5.10 Å². The van der Waals surface area contributed by atoms with Crippen molar-refractivity contribution in [3.63, 3.8) is 0 Å². The summed E-state index contributed by atoms with van der Waals surface area (Å²) in [6.45, 7) is 3.84. The molecule has 0 spiro atoms. The van der Waals surface area contributed by atoms with Gasteiger partial charge in [-0.3, -0.25) is 5.41 Å². The third-order valence-corrected chi connectivity index (χ3v) is 4.89. The molecule has 4 rings (SSSR count). The quantitative estimate of drug-likeness (QED) is 0.751. The Morgan fingerprint density at radius 2 is 2.00 bits per heavy atom. The molecule has 0 bridgehead atoms. The minimum atomic E-state index is 0.217. The second kappa shape index (κ2) is 6.06. The molecule has 3 N–H and O–H groups in total. The average Bonchev–Trinajstić information content (AvgIpc) is 3.01. The predicted octanol–water partition coefficient (Wildman–Crippen LogP) is 1.03. The number of aliphatic imine (C=N–C) groups is 2. The smallest absolute Gasteiger partial charge is 0.180 e. The van der Waals surface area contributed by atoms with Gasteiger partial charge < -0.3 is 15.1 Å². The van der Waals surface area contributed by atoms with Crippen molar-refractivity contribution in [3.8, 4) is 0 Å². The molecule has 1 saturated heterocycles. The fraction of sp³-hybridized carbons (Fsp3) is 0.333. The van der Waals surface area contributed by atoms with E-state index in [0.717, 1.165) is 42.0 Å². The average molecular weight is 351 g/mol. The lowest BCUT2D eigenvalue weighted by molar-refractivity contribution is -0.894. The molecule has 8 heteroatoms. The Hall–Kier alpha value is -3.00. The first kappa shape index (κ1) is 16.5. The van der Waals surface area contributed by atoms with Gasteiger partial charge in [0.25, 0.3) is 0 Å². The fourth-order valence-electron chi connectivity index (χ4n) is 3.19. The van der Waals surface area contributed by atoms with E-state index in [2.05, 4.69) is 34.1 Å². The zero-order valence-corrected chi connectivity index (χ0v) is 15.1. The van der Waals surface area contributed by atoms with Crippen LogP contribution in [0.15, 0.2) is 52.4 Å². The monoisotopic (exact) mass is 351 g/mol. The van der Waals surface area contributed by atoms with E-state index in [9.17, 15) is 0 Å². The summed E-state index contributed by atoms with van der Waals surface area (Å²) in [5.41, 5.74) is 8.48. The molecule has 8 nitrogen and oxygen atoms in total. The van der Waals surface area contributed by atoms with E-state index < -0.39 is 0 Å². The Balaban J connectivity index is 1.68. The van der Waals surface area contributed by atoms with Crippen LogP contribution in [0.25, 0.3) is 5.52 Å². The van der Waals surface area contributed by atoms with E-state index in [1.165, 1.54) is 0 Å². The van der Waals surface area contributed by atoms with E-state index in [0.29, 0.717) is 17.2 Å². The molecule has 26 heavy (non-hydrogen) atoms. The highest BCUT2D eigenvalue weighted by atomic mass is 15.4. The zero-order chi connectivity index (χ0) is 18.3. The summed E-state index contributed by atoms with van der Waals surface area (Å²) in [6.07, 6.45) is 5.19. The van der Waals surface area contributed by atoms with Gasteiger partial charge in [0.2, 0.25) is 0 Å². The van der Waals surface area contributed by atoms with Crippen LogP contribution in [0.1, 0.15) is 0 Å². The number of likely N-dealkylation sites (N-methyl/N-ethyl adjacent to an activating group) is 1. The molecule has 134 valence electrons.